The Balaban J connectivity index is 2.13. The number of benzene rings is 2. The minimum Gasteiger partial charge on any atom is -0.306 e. The molecule has 2 aromatic carbocycles. The first-order valence-corrected chi connectivity index (χ1v) is 6.29. The Morgan fingerprint density at radius 3 is 2.43 bits per heavy atom. The van der Waals surface area contributed by atoms with Crippen LogP contribution in [0.5, 0.6) is 0 Å². The summed E-state index contributed by atoms with van der Waals surface area (Å²) in [6, 6.07) is 12.3. The number of H-pyrrole nitrogens is 1. The number of hydrogen-bond acceptors (Lipinski definition) is 1. The maximum atomic E-state index is 12.8. The molecule has 21 heavy (non-hydrogen) atoms. The fourth-order valence-corrected chi connectivity index (χ4v) is 2.25. The average Bonchev–Trinajstić information content (AvgIpc) is 2.75. The first-order valence-electron chi connectivity index (χ1n) is 6.29. The number of aromatic amines is 1. The summed E-state index contributed by atoms with van der Waals surface area (Å²) < 4.78 is 39.7. The molecule has 0 radical (unpaired) electrons. The summed E-state index contributed by atoms with van der Waals surface area (Å²) in [6.45, 7) is 0.223. The summed E-state index contributed by atoms with van der Waals surface area (Å²) in [5.74, 6) is 0. The fourth-order valence-electron chi connectivity index (χ4n) is 2.25. The molecule has 1 heterocycles. The monoisotopic (exact) mass is 292 g/mol. The quantitative estimate of drug-likeness (QED) is 0.772. The topological polar surface area (TPSA) is 37.8 Å². The standard InChI is InChI=1S/C15H11F3N2O/c16-15(17,18)11-6-7-12-13(8-11)20(14(21)19-12)9-10-4-2-1-3-5-10/h1-8H,9H2,(H,19,21). The summed E-state index contributed by atoms with van der Waals surface area (Å²) in [6.07, 6.45) is -4.43. The van der Waals surface area contributed by atoms with Gasteiger partial charge in [0.1, 0.15) is 0 Å². The predicted molar refractivity (Wildman–Crippen MR) is 73.1 cm³/mol. The van der Waals surface area contributed by atoms with Gasteiger partial charge in [-0.2, -0.15) is 13.2 Å². The van der Waals surface area contributed by atoms with Gasteiger partial charge in [0, 0.05) is 0 Å². The van der Waals surface area contributed by atoms with Crippen LogP contribution in [-0.4, -0.2) is 9.55 Å². The zero-order valence-electron chi connectivity index (χ0n) is 10.8. The molecule has 3 nitrogen and oxygen atoms in total. The highest BCUT2D eigenvalue weighted by molar-refractivity contribution is 5.76. The van der Waals surface area contributed by atoms with E-state index < -0.39 is 17.4 Å². The summed E-state index contributed by atoms with van der Waals surface area (Å²) in [5, 5.41) is 0. The van der Waals surface area contributed by atoms with E-state index in [9.17, 15) is 18.0 Å². The van der Waals surface area contributed by atoms with Crippen LogP contribution >= 0.6 is 0 Å². The van der Waals surface area contributed by atoms with Gasteiger partial charge >= 0.3 is 11.9 Å². The molecule has 0 aliphatic carbocycles. The van der Waals surface area contributed by atoms with E-state index in [1.807, 2.05) is 30.3 Å². The molecular formula is C15H11F3N2O. The Morgan fingerprint density at radius 1 is 1.05 bits per heavy atom. The molecule has 3 rings (SSSR count). The molecule has 0 saturated heterocycles. The van der Waals surface area contributed by atoms with E-state index in [-0.39, 0.29) is 12.1 Å². The Bertz CT molecular complexity index is 831. The van der Waals surface area contributed by atoms with Crippen LogP contribution in [0, 0.1) is 0 Å². The lowest BCUT2D eigenvalue weighted by atomic mass is 10.2. The summed E-state index contributed by atoms with van der Waals surface area (Å²) >= 11 is 0. The molecule has 0 bridgehead atoms. The highest BCUT2D eigenvalue weighted by Crippen LogP contribution is 2.30. The van der Waals surface area contributed by atoms with Gasteiger partial charge in [-0.25, -0.2) is 4.79 Å². The van der Waals surface area contributed by atoms with Gasteiger partial charge < -0.3 is 4.98 Å². The number of hydrogen-bond donors (Lipinski definition) is 1. The van der Waals surface area contributed by atoms with Gasteiger partial charge in [0.05, 0.1) is 23.1 Å². The molecule has 0 aliphatic rings. The van der Waals surface area contributed by atoms with Gasteiger partial charge in [-0.1, -0.05) is 30.3 Å². The zero-order chi connectivity index (χ0) is 15.0. The van der Waals surface area contributed by atoms with E-state index in [2.05, 4.69) is 4.98 Å². The first kappa shape index (κ1) is 13.5. The molecule has 0 fully saturated rings. The van der Waals surface area contributed by atoms with E-state index >= 15 is 0 Å². The Labute approximate surface area is 117 Å². The van der Waals surface area contributed by atoms with Gasteiger partial charge in [-0.05, 0) is 23.8 Å². The van der Waals surface area contributed by atoms with E-state index in [1.54, 1.807) is 0 Å². The molecule has 108 valence electrons. The molecule has 0 saturated carbocycles. The molecule has 0 atom stereocenters. The number of rotatable bonds is 2. The largest absolute Gasteiger partial charge is 0.416 e. The van der Waals surface area contributed by atoms with Crippen molar-refractivity contribution in [2.75, 3.05) is 0 Å². The number of nitrogens with zero attached hydrogens (tertiary/aromatic N) is 1. The van der Waals surface area contributed by atoms with E-state index in [0.717, 1.165) is 17.7 Å². The minimum absolute atomic E-state index is 0.223. The SMILES string of the molecule is O=c1[nH]c2ccc(C(F)(F)F)cc2n1Cc1ccccc1. The Hall–Kier alpha value is -2.50. The van der Waals surface area contributed by atoms with Crippen LogP contribution < -0.4 is 5.69 Å². The highest BCUT2D eigenvalue weighted by atomic mass is 19.4. The molecule has 0 aliphatic heterocycles. The van der Waals surface area contributed by atoms with Crippen molar-refractivity contribution in [3.05, 3.63) is 70.1 Å². The van der Waals surface area contributed by atoms with Gasteiger partial charge in [0.15, 0.2) is 0 Å². The lowest BCUT2D eigenvalue weighted by Crippen LogP contribution is -2.17. The molecule has 1 N–H and O–H groups in total. The van der Waals surface area contributed by atoms with Gasteiger partial charge in [-0.3, -0.25) is 4.57 Å². The van der Waals surface area contributed by atoms with Gasteiger partial charge in [-0.15, -0.1) is 0 Å². The molecule has 3 aromatic rings. The van der Waals surface area contributed by atoms with Crippen LogP contribution in [0.1, 0.15) is 11.1 Å². The second kappa shape index (κ2) is 4.80. The third-order valence-electron chi connectivity index (χ3n) is 3.29. The smallest absolute Gasteiger partial charge is 0.306 e. The van der Waals surface area contributed by atoms with Crippen molar-refractivity contribution in [1.29, 1.82) is 0 Å². The van der Waals surface area contributed by atoms with Crippen LogP contribution in [-0.2, 0) is 12.7 Å². The number of aromatic nitrogens is 2. The number of nitrogens with one attached hydrogen (secondary N) is 1. The lowest BCUT2D eigenvalue weighted by Gasteiger charge is -2.08. The molecule has 0 spiro atoms. The second-order valence-electron chi connectivity index (χ2n) is 4.73. The van der Waals surface area contributed by atoms with Crippen molar-refractivity contribution in [1.82, 2.24) is 9.55 Å². The van der Waals surface area contributed by atoms with Crippen LogP contribution in [0.15, 0.2) is 53.3 Å². The molecule has 1 aromatic heterocycles. The van der Waals surface area contributed by atoms with Crippen LogP contribution in [0.4, 0.5) is 13.2 Å². The van der Waals surface area contributed by atoms with Crippen molar-refractivity contribution in [3.63, 3.8) is 0 Å². The summed E-state index contributed by atoms with van der Waals surface area (Å²) in [5.41, 5.74) is 0.296. The number of alkyl halides is 3. The number of imidazole rings is 1. The summed E-state index contributed by atoms with van der Waals surface area (Å²) in [4.78, 5) is 14.5. The van der Waals surface area contributed by atoms with E-state index in [0.29, 0.717) is 5.52 Å². The number of halogens is 3. The Kier molecular flexibility index (Phi) is 3.08. The fraction of sp³-hybridized carbons (Fsp3) is 0.133. The van der Waals surface area contributed by atoms with Crippen molar-refractivity contribution >= 4 is 11.0 Å². The third-order valence-corrected chi connectivity index (χ3v) is 3.29. The zero-order valence-corrected chi connectivity index (χ0v) is 10.8. The normalized spacial score (nSPS) is 12.0. The molecule has 0 amide bonds. The maximum Gasteiger partial charge on any atom is 0.416 e. The van der Waals surface area contributed by atoms with Crippen molar-refractivity contribution in [3.8, 4) is 0 Å². The molecule has 0 unspecified atom stereocenters. The van der Waals surface area contributed by atoms with Gasteiger partial charge in [0.2, 0.25) is 0 Å². The number of fused-ring (bicyclic) bond motifs is 1. The molecular weight excluding hydrogens is 281 g/mol. The van der Waals surface area contributed by atoms with E-state index in [1.165, 1.54) is 10.6 Å². The van der Waals surface area contributed by atoms with E-state index in [4.69, 9.17) is 0 Å². The van der Waals surface area contributed by atoms with Crippen LogP contribution in [0.25, 0.3) is 11.0 Å². The maximum absolute atomic E-state index is 12.8. The van der Waals surface area contributed by atoms with Gasteiger partial charge in [0.25, 0.3) is 0 Å². The first-order chi connectivity index (χ1) is 9.95. The van der Waals surface area contributed by atoms with Crippen molar-refractivity contribution in [2.24, 2.45) is 0 Å². The van der Waals surface area contributed by atoms with Crippen LogP contribution in [0.3, 0.4) is 0 Å². The lowest BCUT2D eigenvalue weighted by molar-refractivity contribution is -0.137. The highest BCUT2D eigenvalue weighted by Gasteiger charge is 2.31. The summed E-state index contributed by atoms with van der Waals surface area (Å²) in [7, 11) is 0. The third kappa shape index (κ3) is 2.56. The van der Waals surface area contributed by atoms with Crippen LogP contribution in [0.2, 0.25) is 0 Å². The predicted octanol–water partition coefficient (Wildman–Crippen LogP) is 3.40. The average molecular weight is 292 g/mol. The van der Waals surface area contributed by atoms with Crippen molar-refractivity contribution < 1.29 is 13.2 Å². The second-order valence-corrected chi connectivity index (χ2v) is 4.73. The molecule has 6 heteroatoms. The minimum atomic E-state index is -4.43. The van der Waals surface area contributed by atoms with Crippen molar-refractivity contribution in [2.45, 2.75) is 12.7 Å². The Morgan fingerprint density at radius 2 is 1.76 bits per heavy atom.